The van der Waals surface area contributed by atoms with Gasteiger partial charge < -0.3 is 4.74 Å². The number of carbonyl (C=O) groups is 3. The Morgan fingerprint density at radius 1 is 0.649 bits per heavy atom. The Kier molecular flexibility index (Phi) is 6.59. The maximum atomic E-state index is 13.4. The third kappa shape index (κ3) is 5.01. The quantitative estimate of drug-likeness (QED) is 0.245. The minimum absolute atomic E-state index is 0.146. The van der Waals surface area contributed by atoms with Crippen molar-refractivity contribution in [3.63, 3.8) is 0 Å². The summed E-state index contributed by atoms with van der Waals surface area (Å²) in [4.78, 5) is 42.2. The van der Waals surface area contributed by atoms with Crippen LogP contribution in [0.2, 0.25) is 0 Å². The monoisotopic (exact) mass is 492 g/mol. The second-order valence-electron chi connectivity index (χ2n) is 8.28. The van der Waals surface area contributed by atoms with Crippen LogP contribution in [0.4, 0.5) is 20.6 Å². The summed E-state index contributed by atoms with van der Waals surface area (Å²) < 4.78 is 18.8. The molecule has 4 aromatic rings. The van der Waals surface area contributed by atoms with E-state index in [1.165, 1.54) is 18.2 Å². The number of imide groups is 2. The van der Waals surface area contributed by atoms with Crippen LogP contribution in [-0.2, 0) is 16.2 Å². The zero-order chi connectivity index (χ0) is 25.8. The summed E-state index contributed by atoms with van der Waals surface area (Å²) in [6, 6.07) is 29.1. The summed E-state index contributed by atoms with van der Waals surface area (Å²) >= 11 is 0. The molecule has 0 aromatic heterocycles. The van der Waals surface area contributed by atoms with Gasteiger partial charge in [-0.2, -0.15) is 0 Å². The van der Waals surface area contributed by atoms with E-state index in [4.69, 9.17) is 4.74 Å². The molecule has 0 N–H and O–H groups in total. The molecule has 1 saturated heterocycles. The molecule has 1 aliphatic rings. The van der Waals surface area contributed by atoms with Crippen LogP contribution in [-0.4, -0.2) is 17.8 Å². The van der Waals surface area contributed by atoms with Gasteiger partial charge in [-0.1, -0.05) is 60.7 Å². The van der Waals surface area contributed by atoms with E-state index in [0.717, 1.165) is 15.4 Å². The third-order valence-electron chi connectivity index (χ3n) is 5.79. The number of rotatable bonds is 6. The molecule has 1 fully saturated rings. The number of halogens is 1. The van der Waals surface area contributed by atoms with Gasteiger partial charge in [0, 0.05) is 0 Å². The first-order valence-corrected chi connectivity index (χ1v) is 11.5. The van der Waals surface area contributed by atoms with Crippen molar-refractivity contribution >= 4 is 35.3 Å². The molecule has 5 rings (SSSR count). The predicted molar refractivity (Wildman–Crippen MR) is 138 cm³/mol. The second-order valence-corrected chi connectivity index (χ2v) is 8.28. The van der Waals surface area contributed by atoms with Gasteiger partial charge in [-0.15, -0.1) is 0 Å². The van der Waals surface area contributed by atoms with Gasteiger partial charge >= 0.3 is 6.03 Å². The van der Waals surface area contributed by atoms with Gasteiger partial charge in [-0.05, 0) is 65.7 Å². The first kappa shape index (κ1) is 23.7. The lowest BCUT2D eigenvalue weighted by Crippen LogP contribution is -2.57. The van der Waals surface area contributed by atoms with Crippen LogP contribution in [0.25, 0.3) is 6.08 Å². The largest absolute Gasteiger partial charge is 0.489 e. The maximum Gasteiger partial charge on any atom is 0.343 e. The first-order valence-electron chi connectivity index (χ1n) is 11.5. The van der Waals surface area contributed by atoms with Crippen molar-refractivity contribution in [2.24, 2.45) is 0 Å². The summed E-state index contributed by atoms with van der Waals surface area (Å²) in [5.41, 5.74) is 1.98. The van der Waals surface area contributed by atoms with Gasteiger partial charge in [0.05, 0.1) is 11.4 Å². The molecule has 4 amide bonds. The topological polar surface area (TPSA) is 66.9 Å². The van der Waals surface area contributed by atoms with E-state index in [1.807, 2.05) is 0 Å². The third-order valence-corrected chi connectivity index (χ3v) is 5.79. The van der Waals surface area contributed by atoms with Crippen molar-refractivity contribution in [3.05, 3.63) is 132 Å². The number of benzene rings is 4. The molecule has 0 spiro atoms. The van der Waals surface area contributed by atoms with Crippen molar-refractivity contribution < 1.29 is 23.5 Å². The van der Waals surface area contributed by atoms with Crippen LogP contribution >= 0.6 is 0 Å². The number of anilines is 2. The van der Waals surface area contributed by atoms with Gasteiger partial charge in [0.15, 0.2) is 0 Å². The molecule has 4 aromatic carbocycles. The highest BCUT2D eigenvalue weighted by Crippen LogP contribution is 2.29. The molecule has 7 heteroatoms. The summed E-state index contributed by atoms with van der Waals surface area (Å²) in [7, 11) is 0. The molecule has 0 atom stereocenters. The minimum Gasteiger partial charge on any atom is -0.489 e. The molecule has 1 heterocycles. The summed E-state index contributed by atoms with van der Waals surface area (Å²) in [6.45, 7) is 0.262. The summed E-state index contributed by atoms with van der Waals surface area (Å²) in [5.74, 6) is -1.15. The van der Waals surface area contributed by atoms with E-state index in [0.29, 0.717) is 22.7 Å². The normalized spacial score (nSPS) is 13.6. The average Bonchev–Trinajstić information content (AvgIpc) is 2.93. The Bertz CT molecular complexity index is 1400. The summed E-state index contributed by atoms with van der Waals surface area (Å²) in [6.07, 6.45) is 1.47. The Balaban J connectivity index is 1.44. The predicted octanol–water partition coefficient (Wildman–Crippen LogP) is 5.99. The molecule has 0 saturated carbocycles. The second kappa shape index (κ2) is 10.3. The molecule has 0 aliphatic carbocycles. The van der Waals surface area contributed by atoms with Crippen LogP contribution in [0.15, 0.2) is 115 Å². The first-order chi connectivity index (χ1) is 18.0. The molecule has 6 nitrogen and oxygen atoms in total. The number of carbonyl (C=O) groups excluding carboxylic acids is 3. The molecular weight excluding hydrogens is 471 g/mol. The van der Waals surface area contributed by atoms with Crippen LogP contribution in [0.5, 0.6) is 5.75 Å². The fourth-order valence-corrected chi connectivity index (χ4v) is 3.91. The van der Waals surface area contributed by atoms with Crippen LogP contribution < -0.4 is 14.5 Å². The lowest BCUT2D eigenvalue weighted by atomic mass is 10.0. The van der Waals surface area contributed by atoms with Gasteiger partial charge in [0.2, 0.25) is 0 Å². The number of hydrogen-bond donors (Lipinski definition) is 0. The average molecular weight is 493 g/mol. The van der Waals surface area contributed by atoms with Gasteiger partial charge in [-0.3, -0.25) is 9.59 Å². The minimum atomic E-state index is -0.742. The molecule has 37 heavy (non-hydrogen) atoms. The highest BCUT2D eigenvalue weighted by molar-refractivity contribution is 6.46. The lowest BCUT2D eigenvalue weighted by molar-refractivity contribution is -0.121. The Labute approximate surface area is 212 Å². The molecule has 0 bridgehead atoms. The maximum absolute atomic E-state index is 13.4. The van der Waals surface area contributed by atoms with E-state index < -0.39 is 17.8 Å². The fraction of sp³-hybridized carbons (Fsp3) is 0.0333. The van der Waals surface area contributed by atoms with E-state index in [2.05, 4.69) is 0 Å². The van der Waals surface area contributed by atoms with E-state index in [-0.39, 0.29) is 18.0 Å². The number of urea groups is 1. The molecule has 182 valence electrons. The van der Waals surface area contributed by atoms with Crippen molar-refractivity contribution in [2.45, 2.75) is 6.61 Å². The fourth-order valence-electron chi connectivity index (χ4n) is 3.91. The Morgan fingerprint density at radius 3 is 1.68 bits per heavy atom. The number of nitrogens with zero attached hydrogens (tertiary/aromatic N) is 2. The van der Waals surface area contributed by atoms with Crippen LogP contribution in [0, 0.1) is 5.82 Å². The van der Waals surface area contributed by atoms with Gasteiger partial charge in [0.25, 0.3) is 11.8 Å². The Morgan fingerprint density at radius 2 is 1.16 bits per heavy atom. The zero-order valence-corrected chi connectivity index (χ0v) is 19.6. The number of ether oxygens (including phenoxy) is 1. The molecular formula is C30H21FN2O4. The number of amides is 4. The van der Waals surface area contributed by atoms with Crippen LogP contribution in [0.3, 0.4) is 0 Å². The van der Waals surface area contributed by atoms with E-state index in [9.17, 15) is 18.8 Å². The Hall–Kier alpha value is -5.04. The van der Waals surface area contributed by atoms with E-state index >= 15 is 0 Å². The highest BCUT2D eigenvalue weighted by atomic mass is 19.1. The smallest absolute Gasteiger partial charge is 0.343 e. The van der Waals surface area contributed by atoms with Crippen molar-refractivity contribution in [1.82, 2.24) is 0 Å². The number of hydrogen-bond acceptors (Lipinski definition) is 4. The van der Waals surface area contributed by atoms with Gasteiger partial charge in [0.1, 0.15) is 23.7 Å². The van der Waals surface area contributed by atoms with Crippen molar-refractivity contribution in [3.8, 4) is 5.75 Å². The van der Waals surface area contributed by atoms with Crippen LogP contribution in [0.1, 0.15) is 11.1 Å². The lowest BCUT2D eigenvalue weighted by Gasteiger charge is -2.33. The highest BCUT2D eigenvalue weighted by Gasteiger charge is 2.43. The number of para-hydroxylation sites is 2. The number of barbiturate groups is 1. The standard InChI is InChI=1S/C30H21FN2O4/c31-23-15-11-22(12-16-23)20-37-26-17-13-21(14-18-26)19-27-28(34)32(24-7-3-1-4-8-24)30(36)33(29(27)35)25-9-5-2-6-10-25/h1-19H,20H2. The zero-order valence-electron chi connectivity index (χ0n) is 19.6. The van der Waals surface area contributed by atoms with Crippen molar-refractivity contribution in [2.75, 3.05) is 9.80 Å². The molecule has 0 unspecified atom stereocenters. The molecule has 1 aliphatic heterocycles. The SMILES string of the molecule is O=C1C(=Cc2ccc(OCc3ccc(F)cc3)cc2)C(=O)N(c2ccccc2)C(=O)N1c1ccccc1. The molecule has 0 radical (unpaired) electrons. The van der Waals surface area contributed by atoms with Gasteiger partial charge in [-0.25, -0.2) is 19.0 Å². The van der Waals surface area contributed by atoms with Crippen molar-refractivity contribution in [1.29, 1.82) is 0 Å². The van der Waals surface area contributed by atoms with E-state index in [1.54, 1.807) is 97.1 Å². The summed E-state index contributed by atoms with van der Waals surface area (Å²) in [5, 5.41) is 0.